The normalized spacial score (nSPS) is 27.5. The predicted molar refractivity (Wildman–Crippen MR) is 99.4 cm³/mol. The van der Waals surface area contributed by atoms with Crippen molar-refractivity contribution in [3.63, 3.8) is 0 Å². The van der Waals surface area contributed by atoms with Crippen LogP contribution in [0.1, 0.15) is 0 Å². The zero-order chi connectivity index (χ0) is 18.2. The topological polar surface area (TPSA) is 71.9 Å². The fraction of sp³-hybridized carbons (Fsp3) is 1.00. The monoisotopic (exact) mass is 372 g/mol. The van der Waals surface area contributed by atoms with Gasteiger partial charge in [0.05, 0.1) is 38.6 Å². The van der Waals surface area contributed by atoms with Crippen molar-refractivity contribution in [1.29, 1.82) is 0 Å². The minimum atomic E-state index is -0.299. The van der Waals surface area contributed by atoms with Crippen molar-refractivity contribution < 1.29 is 19.7 Å². The minimum Gasteiger partial charge on any atom is -0.390 e. The first-order valence-corrected chi connectivity index (χ1v) is 10.1. The van der Waals surface area contributed by atoms with E-state index in [2.05, 4.69) is 19.6 Å². The van der Waals surface area contributed by atoms with Crippen molar-refractivity contribution in [2.75, 3.05) is 105 Å². The van der Waals surface area contributed by atoms with Gasteiger partial charge in [-0.2, -0.15) is 0 Å². The van der Waals surface area contributed by atoms with Crippen LogP contribution in [-0.4, -0.2) is 147 Å². The van der Waals surface area contributed by atoms with Gasteiger partial charge in [0.15, 0.2) is 0 Å². The lowest BCUT2D eigenvalue weighted by Crippen LogP contribution is -2.53. The molecular formula is C18H36N4O4. The molecule has 2 atom stereocenters. The first-order valence-electron chi connectivity index (χ1n) is 10.1. The lowest BCUT2D eigenvalue weighted by molar-refractivity contribution is -0.00715. The van der Waals surface area contributed by atoms with E-state index in [9.17, 15) is 10.2 Å². The van der Waals surface area contributed by atoms with Gasteiger partial charge in [-0.05, 0) is 0 Å². The Morgan fingerprint density at radius 3 is 1.08 bits per heavy atom. The van der Waals surface area contributed by atoms with E-state index in [4.69, 9.17) is 9.47 Å². The van der Waals surface area contributed by atoms with Gasteiger partial charge in [0.2, 0.25) is 0 Å². The van der Waals surface area contributed by atoms with Crippen molar-refractivity contribution >= 4 is 0 Å². The van der Waals surface area contributed by atoms with E-state index in [1.165, 1.54) is 0 Å². The molecule has 0 bridgehead atoms. The van der Waals surface area contributed by atoms with Crippen molar-refractivity contribution in [3.8, 4) is 0 Å². The van der Waals surface area contributed by atoms with Gasteiger partial charge in [0.1, 0.15) is 0 Å². The van der Waals surface area contributed by atoms with Crippen LogP contribution in [-0.2, 0) is 9.47 Å². The number of piperazine rings is 1. The standard InChI is InChI=1S/C18H36N4O4/c23-17(15-21-5-9-25-10-6-21)13-19-1-2-20(4-3-19)14-18(24)16-22-7-11-26-12-8-22/h17-18,23-24H,1-16H2. The summed E-state index contributed by atoms with van der Waals surface area (Å²) in [4.78, 5) is 9.25. The van der Waals surface area contributed by atoms with E-state index in [0.29, 0.717) is 0 Å². The van der Waals surface area contributed by atoms with Crippen LogP contribution in [0.4, 0.5) is 0 Å². The first kappa shape index (κ1) is 20.4. The van der Waals surface area contributed by atoms with Gasteiger partial charge in [-0.1, -0.05) is 0 Å². The van der Waals surface area contributed by atoms with Gasteiger partial charge in [-0.15, -0.1) is 0 Å². The first-order chi connectivity index (χ1) is 12.7. The highest BCUT2D eigenvalue weighted by molar-refractivity contribution is 4.79. The second kappa shape index (κ2) is 10.9. The maximum Gasteiger partial charge on any atom is 0.0793 e. The van der Waals surface area contributed by atoms with Crippen molar-refractivity contribution in [2.45, 2.75) is 12.2 Å². The van der Waals surface area contributed by atoms with Gasteiger partial charge in [0.25, 0.3) is 0 Å². The van der Waals surface area contributed by atoms with Crippen LogP contribution in [0.15, 0.2) is 0 Å². The third-order valence-corrected chi connectivity index (χ3v) is 5.55. The van der Waals surface area contributed by atoms with Crippen LogP contribution >= 0.6 is 0 Å². The maximum absolute atomic E-state index is 10.4. The Balaban J connectivity index is 1.28. The molecule has 152 valence electrons. The molecule has 0 aromatic carbocycles. The van der Waals surface area contributed by atoms with Crippen LogP contribution in [0.3, 0.4) is 0 Å². The van der Waals surface area contributed by atoms with Crippen molar-refractivity contribution in [2.24, 2.45) is 0 Å². The lowest BCUT2D eigenvalue weighted by Gasteiger charge is -2.38. The second-order valence-corrected chi connectivity index (χ2v) is 7.73. The SMILES string of the molecule is OC(CN1CCOCC1)CN1CCN(CC(O)CN2CCOCC2)CC1. The molecule has 0 saturated carbocycles. The Labute approximate surface area is 157 Å². The molecule has 0 amide bonds. The van der Waals surface area contributed by atoms with E-state index in [1.807, 2.05) is 0 Å². The van der Waals surface area contributed by atoms with Crippen LogP contribution in [0.25, 0.3) is 0 Å². The molecule has 8 heteroatoms. The van der Waals surface area contributed by atoms with Crippen LogP contribution in [0.2, 0.25) is 0 Å². The Morgan fingerprint density at radius 2 is 0.769 bits per heavy atom. The number of nitrogens with zero attached hydrogens (tertiary/aromatic N) is 4. The number of aliphatic hydroxyl groups is 2. The van der Waals surface area contributed by atoms with E-state index in [-0.39, 0.29) is 12.2 Å². The number of aliphatic hydroxyl groups excluding tert-OH is 2. The quantitative estimate of drug-likeness (QED) is 0.507. The van der Waals surface area contributed by atoms with Crippen LogP contribution in [0, 0.1) is 0 Å². The Kier molecular flexibility index (Phi) is 8.54. The summed E-state index contributed by atoms with van der Waals surface area (Å²) in [6, 6.07) is 0. The Bertz CT molecular complexity index is 347. The van der Waals surface area contributed by atoms with Gasteiger partial charge < -0.3 is 19.7 Å². The number of β-amino-alcohol motifs (C(OH)–C–C–N with tert-alkyl or cyclic N) is 2. The third kappa shape index (κ3) is 7.01. The molecule has 0 aromatic heterocycles. The summed E-state index contributed by atoms with van der Waals surface area (Å²) in [6.07, 6.45) is -0.599. The third-order valence-electron chi connectivity index (χ3n) is 5.55. The van der Waals surface area contributed by atoms with Gasteiger partial charge in [0, 0.05) is 78.5 Å². The van der Waals surface area contributed by atoms with Crippen LogP contribution in [0.5, 0.6) is 0 Å². The summed E-state index contributed by atoms with van der Waals surface area (Å²) in [5.41, 5.74) is 0. The van der Waals surface area contributed by atoms with E-state index in [0.717, 1.165) is 105 Å². The summed E-state index contributed by atoms with van der Waals surface area (Å²) >= 11 is 0. The molecule has 3 rings (SSSR count). The fourth-order valence-corrected chi connectivity index (χ4v) is 4.03. The van der Waals surface area contributed by atoms with Crippen molar-refractivity contribution in [3.05, 3.63) is 0 Å². The fourth-order valence-electron chi connectivity index (χ4n) is 4.03. The molecule has 3 aliphatic heterocycles. The number of hydrogen-bond acceptors (Lipinski definition) is 8. The summed E-state index contributed by atoms with van der Waals surface area (Å²) in [5.74, 6) is 0. The molecule has 0 spiro atoms. The Morgan fingerprint density at radius 1 is 0.500 bits per heavy atom. The maximum atomic E-state index is 10.4. The summed E-state index contributed by atoms with van der Waals surface area (Å²) in [7, 11) is 0. The average Bonchev–Trinajstić information content (AvgIpc) is 2.65. The van der Waals surface area contributed by atoms with Crippen molar-refractivity contribution in [1.82, 2.24) is 19.6 Å². The zero-order valence-corrected chi connectivity index (χ0v) is 16.0. The summed E-state index contributed by atoms with van der Waals surface area (Å²) in [6.45, 7) is 13.6. The van der Waals surface area contributed by atoms with E-state index < -0.39 is 0 Å². The highest BCUT2D eigenvalue weighted by Gasteiger charge is 2.23. The molecule has 0 radical (unpaired) electrons. The van der Waals surface area contributed by atoms with Gasteiger partial charge >= 0.3 is 0 Å². The molecule has 3 saturated heterocycles. The van der Waals surface area contributed by atoms with Gasteiger partial charge in [-0.25, -0.2) is 0 Å². The Hall–Kier alpha value is -0.320. The molecule has 26 heavy (non-hydrogen) atoms. The highest BCUT2D eigenvalue weighted by Crippen LogP contribution is 2.07. The molecule has 3 fully saturated rings. The van der Waals surface area contributed by atoms with Gasteiger partial charge in [-0.3, -0.25) is 19.6 Å². The number of hydrogen-bond donors (Lipinski definition) is 2. The summed E-state index contributed by atoms with van der Waals surface area (Å²) < 4.78 is 10.7. The molecule has 2 unspecified atom stereocenters. The number of rotatable bonds is 8. The zero-order valence-electron chi connectivity index (χ0n) is 16.0. The smallest absolute Gasteiger partial charge is 0.0793 e. The summed E-state index contributed by atoms with van der Waals surface area (Å²) in [5, 5.41) is 20.7. The molecule has 3 aliphatic rings. The lowest BCUT2D eigenvalue weighted by atomic mass is 10.2. The molecule has 3 heterocycles. The largest absolute Gasteiger partial charge is 0.390 e. The molecule has 0 aromatic rings. The second-order valence-electron chi connectivity index (χ2n) is 7.73. The van der Waals surface area contributed by atoms with E-state index in [1.54, 1.807) is 0 Å². The molecular weight excluding hydrogens is 336 g/mol. The van der Waals surface area contributed by atoms with Crippen LogP contribution < -0.4 is 0 Å². The molecule has 0 aliphatic carbocycles. The predicted octanol–water partition coefficient (Wildman–Crippen LogP) is -2.01. The highest BCUT2D eigenvalue weighted by atomic mass is 16.5. The number of ether oxygens (including phenoxy) is 2. The molecule has 8 nitrogen and oxygen atoms in total. The molecule has 2 N–H and O–H groups in total. The average molecular weight is 373 g/mol. The van der Waals surface area contributed by atoms with E-state index >= 15 is 0 Å². The number of morpholine rings is 2. The minimum absolute atomic E-state index is 0.299.